The zero-order valence-electron chi connectivity index (χ0n) is 29.6. The molecule has 0 unspecified atom stereocenters. The standard InChI is InChI=1S/C19H25N3O3.C18H23N3O3/c1-5-25-18(23)17-13(2)21-19(22-14(17)3)20-11-7-9-15-8-6-10-16(12-15)24-4;1-4-24-17(23)16-12(2)20-18(21-13(16)3)19-10-6-8-14-7-5-9-15(22)11-14/h6,8,10,12H,5,7,9,11H2,1-4H3,(H,20,21,22);5,7,9,11,22H,4,6,8,10H2,1-3H3,(H,19,20,21). The molecule has 262 valence electrons. The Kier molecular flexibility index (Phi) is 15.2. The van der Waals surface area contributed by atoms with Crippen LogP contribution in [0.1, 0.15) is 81.3 Å². The summed E-state index contributed by atoms with van der Waals surface area (Å²) in [6.45, 7) is 12.8. The third-order valence-electron chi connectivity index (χ3n) is 7.40. The van der Waals surface area contributed by atoms with Gasteiger partial charge in [0.15, 0.2) is 0 Å². The minimum absolute atomic E-state index is 0.282. The van der Waals surface area contributed by atoms with Gasteiger partial charge in [-0.25, -0.2) is 29.5 Å². The van der Waals surface area contributed by atoms with E-state index < -0.39 is 0 Å². The predicted octanol–water partition coefficient (Wildman–Crippen LogP) is 6.34. The molecule has 2 aromatic heterocycles. The highest BCUT2D eigenvalue weighted by Crippen LogP contribution is 2.17. The van der Waals surface area contributed by atoms with Crippen LogP contribution in [0.15, 0.2) is 48.5 Å². The van der Waals surface area contributed by atoms with Gasteiger partial charge in [0.25, 0.3) is 0 Å². The Bertz CT molecular complexity index is 1650. The van der Waals surface area contributed by atoms with Crippen molar-refractivity contribution in [3.8, 4) is 11.5 Å². The number of benzene rings is 2. The smallest absolute Gasteiger partial charge is 0.341 e. The molecule has 0 fully saturated rings. The number of aromatic nitrogens is 4. The lowest BCUT2D eigenvalue weighted by Crippen LogP contribution is -2.14. The van der Waals surface area contributed by atoms with Crippen LogP contribution in [-0.2, 0) is 22.3 Å². The molecule has 0 aliphatic heterocycles. The van der Waals surface area contributed by atoms with Gasteiger partial charge in [0.1, 0.15) is 22.6 Å². The van der Waals surface area contributed by atoms with Crippen LogP contribution in [0, 0.1) is 27.7 Å². The summed E-state index contributed by atoms with van der Waals surface area (Å²) in [4.78, 5) is 41.2. The van der Waals surface area contributed by atoms with E-state index in [4.69, 9.17) is 14.2 Å². The number of ether oxygens (including phenoxy) is 3. The summed E-state index contributed by atoms with van der Waals surface area (Å²) in [5.74, 6) is 1.44. The largest absolute Gasteiger partial charge is 0.508 e. The summed E-state index contributed by atoms with van der Waals surface area (Å²) in [7, 11) is 1.67. The fourth-order valence-electron chi connectivity index (χ4n) is 5.11. The van der Waals surface area contributed by atoms with Crippen LogP contribution in [0.5, 0.6) is 11.5 Å². The second-order valence-electron chi connectivity index (χ2n) is 11.2. The second-order valence-corrected chi connectivity index (χ2v) is 11.2. The average Bonchev–Trinajstić information content (AvgIpc) is 3.05. The van der Waals surface area contributed by atoms with E-state index >= 15 is 0 Å². The number of rotatable bonds is 15. The lowest BCUT2D eigenvalue weighted by atomic mass is 10.1. The van der Waals surface area contributed by atoms with E-state index in [0.29, 0.717) is 65.6 Å². The first-order chi connectivity index (χ1) is 23.6. The first-order valence-corrected chi connectivity index (χ1v) is 16.5. The molecule has 2 heterocycles. The van der Waals surface area contributed by atoms with Crippen molar-refractivity contribution in [1.82, 2.24) is 19.9 Å². The Hall–Kier alpha value is -5.26. The Morgan fingerprint density at radius 1 is 0.673 bits per heavy atom. The highest BCUT2D eigenvalue weighted by Gasteiger charge is 2.18. The molecular formula is C37H48N6O6. The molecule has 4 rings (SSSR count). The highest BCUT2D eigenvalue weighted by molar-refractivity contribution is 5.92. The number of anilines is 2. The van der Waals surface area contributed by atoms with Crippen LogP contribution >= 0.6 is 0 Å². The Balaban J connectivity index is 0.000000266. The van der Waals surface area contributed by atoms with Gasteiger partial charge >= 0.3 is 11.9 Å². The first-order valence-electron chi connectivity index (χ1n) is 16.5. The van der Waals surface area contributed by atoms with E-state index in [-0.39, 0.29) is 17.7 Å². The van der Waals surface area contributed by atoms with Crippen molar-refractivity contribution >= 4 is 23.8 Å². The summed E-state index contributed by atoms with van der Waals surface area (Å²) in [5.41, 5.74) is 5.66. The van der Waals surface area contributed by atoms with E-state index in [1.54, 1.807) is 60.8 Å². The molecule has 0 bridgehead atoms. The van der Waals surface area contributed by atoms with Crippen molar-refractivity contribution in [2.75, 3.05) is 44.0 Å². The van der Waals surface area contributed by atoms with Gasteiger partial charge in [-0.05, 0) is 103 Å². The minimum atomic E-state index is -0.386. The van der Waals surface area contributed by atoms with Gasteiger partial charge < -0.3 is 30.0 Å². The van der Waals surface area contributed by atoms with Crippen LogP contribution in [0.2, 0.25) is 0 Å². The molecule has 0 radical (unpaired) electrons. The maximum absolute atomic E-state index is 11.9. The van der Waals surface area contributed by atoms with Gasteiger partial charge in [-0.15, -0.1) is 0 Å². The fraction of sp³-hybridized carbons (Fsp3) is 0.405. The topological polar surface area (TPSA) is 158 Å². The third-order valence-corrected chi connectivity index (χ3v) is 7.40. The number of hydrogen-bond donors (Lipinski definition) is 3. The number of phenols is 1. The van der Waals surface area contributed by atoms with Crippen LogP contribution in [0.25, 0.3) is 0 Å². The predicted molar refractivity (Wildman–Crippen MR) is 190 cm³/mol. The molecule has 0 aliphatic carbocycles. The zero-order chi connectivity index (χ0) is 35.8. The molecule has 0 amide bonds. The molecular weight excluding hydrogens is 624 g/mol. The third kappa shape index (κ3) is 12.0. The summed E-state index contributed by atoms with van der Waals surface area (Å²) >= 11 is 0. The molecule has 3 N–H and O–H groups in total. The number of aryl methyl sites for hydroxylation is 6. The van der Waals surface area contributed by atoms with Gasteiger partial charge in [-0.2, -0.15) is 0 Å². The highest BCUT2D eigenvalue weighted by atomic mass is 16.5. The van der Waals surface area contributed by atoms with Gasteiger partial charge in [-0.1, -0.05) is 24.3 Å². The maximum atomic E-state index is 11.9. The van der Waals surface area contributed by atoms with E-state index in [9.17, 15) is 14.7 Å². The Morgan fingerprint density at radius 2 is 1.10 bits per heavy atom. The second kappa shape index (κ2) is 19.5. The van der Waals surface area contributed by atoms with Crippen molar-refractivity contribution in [2.24, 2.45) is 0 Å². The number of nitrogens with one attached hydrogen (secondary N) is 2. The average molecular weight is 673 g/mol. The number of carbonyl (C=O) groups is 2. The van der Waals surface area contributed by atoms with Gasteiger partial charge in [-0.3, -0.25) is 0 Å². The molecule has 12 heteroatoms. The van der Waals surface area contributed by atoms with Crippen molar-refractivity contribution in [3.63, 3.8) is 0 Å². The van der Waals surface area contributed by atoms with Gasteiger partial charge in [0.05, 0.1) is 43.1 Å². The summed E-state index contributed by atoms with van der Waals surface area (Å²) < 4.78 is 15.3. The summed E-state index contributed by atoms with van der Waals surface area (Å²) in [6, 6.07) is 15.3. The van der Waals surface area contributed by atoms with Gasteiger partial charge in [0, 0.05) is 13.1 Å². The minimum Gasteiger partial charge on any atom is -0.508 e. The number of phenolic OH excluding ortho intramolecular Hbond substituents is 1. The number of carbonyl (C=O) groups excluding carboxylic acids is 2. The van der Waals surface area contributed by atoms with E-state index in [2.05, 4.69) is 36.6 Å². The zero-order valence-corrected chi connectivity index (χ0v) is 29.6. The fourth-order valence-corrected chi connectivity index (χ4v) is 5.11. The first kappa shape index (κ1) is 38.2. The number of hydrogen-bond acceptors (Lipinski definition) is 12. The van der Waals surface area contributed by atoms with Crippen molar-refractivity contribution in [3.05, 3.63) is 93.6 Å². The lowest BCUT2D eigenvalue weighted by Gasteiger charge is -2.11. The Morgan fingerprint density at radius 3 is 1.51 bits per heavy atom. The SMILES string of the molecule is CCOC(=O)c1c(C)nc(NCCCc2cccc(O)c2)nc1C.CCOC(=O)c1c(C)nc(NCCCc2cccc(OC)c2)nc1C. The van der Waals surface area contributed by atoms with Crippen LogP contribution in [0.4, 0.5) is 11.9 Å². The molecule has 4 aromatic rings. The molecule has 0 aliphatic rings. The summed E-state index contributed by atoms with van der Waals surface area (Å²) in [6.07, 6.45) is 3.60. The molecule has 0 atom stereocenters. The maximum Gasteiger partial charge on any atom is 0.341 e. The number of esters is 2. The van der Waals surface area contributed by atoms with Crippen molar-refractivity contribution in [2.45, 2.75) is 67.2 Å². The van der Waals surface area contributed by atoms with E-state index in [1.165, 1.54) is 5.56 Å². The molecule has 49 heavy (non-hydrogen) atoms. The van der Waals surface area contributed by atoms with Crippen molar-refractivity contribution in [1.29, 1.82) is 0 Å². The number of nitrogens with zero attached hydrogens (tertiary/aromatic N) is 4. The van der Waals surface area contributed by atoms with Gasteiger partial charge in [0.2, 0.25) is 11.9 Å². The van der Waals surface area contributed by atoms with Crippen LogP contribution in [0.3, 0.4) is 0 Å². The Labute approximate surface area is 288 Å². The van der Waals surface area contributed by atoms with E-state index in [1.807, 2.05) is 30.3 Å². The number of methoxy groups -OCH3 is 1. The number of aromatic hydroxyl groups is 1. The molecule has 0 saturated heterocycles. The normalized spacial score (nSPS) is 10.4. The molecule has 12 nitrogen and oxygen atoms in total. The van der Waals surface area contributed by atoms with Crippen LogP contribution < -0.4 is 15.4 Å². The summed E-state index contributed by atoms with van der Waals surface area (Å²) in [5, 5.41) is 15.8. The molecule has 0 spiro atoms. The molecule has 0 saturated carbocycles. The lowest BCUT2D eigenvalue weighted by molar-refractivity contribution is 0.0513. The quantitative estimate of drug-likeness (QED) is 0.0952. The van der Waals surface area contributed by atoms with Crippen LogP contribution in [-0.4, -0.2) is 70.4 Å². The van der Waals surface area contributed by atoms with Crippen molar-refractivity contribution < 1.29 is 28.9 Å². The van der Waals surface area contributed by atoms with E-state index in [0.717, 1.165) is 43.5 Å². The molecule has 2 aromatic carbocycles. The monoisotopic (exact) mass is 672 g/mol.